The van der Waals surface area contributed by atoms with Crippen LogP contribution < -0.4 is 0 Å². The topological polar surface area (TPSA) is 66.4 Å². The zero-order chi connectivity index (χ0) is 19.3. The van der Waals surface area contributed by atoms with Crippen molar-refractivity contribution >= 4 is 11.8 Å². The molecule has 2 aliphatic heterocycles. The Labute approximate surface area is 166 Å². The van der Waals surface area contributed by atoms with E-state index in [2.05, 4.69) is 9.88 Å². The molecule has 0 N–H and O–H groups in total. The minimum absolute atomic E-state index is 0.113. The maximum atomic E-state index is 12.9. The smallest absolute Gasteiger partial charge is 0.226 e. The molecule has 0 unspecified atom stereocenters. The SMILES string of the molecule is CC(=O)N1CCc2nc(C3CCN(C(=O)C4[C@H]5CCCC[C@H]45)CC3)ncc2C1. The van der Waals surface area contributed by atoms with Gasteiger partial charge < -0.3 is 9.80 Å². The molecule has 2 atom stereocenters. The van der Waals surface area contributed by atoms with Crippen LogP contribution in [0.4, 0.5) is 0 Å². The Bertz CT molecular complexity index is 775. The van der Waals surface area contributed by atoms with E-state index >= 15 is 0 Å². The number of hydrogen-bond donors (Lipinski definition) is 0. The Kier molecular flexibility index (Phi) is 4.60. The quantitative estimate of drug-likeness (QED) is 0.788. The summed E-state index contributed by atoms with van der Waals surface area (Å²) in [4.78, 5) is 38.0. The van der Waals surface area contributed by atoms with Crippen molar-refractivity contribution in [1.29, 1.82) is 0 Å². The third-order valence-electron chi connectivity index (χ3n) is 7.51. The van der Waals surface area contributed by atoms with Crippen LogP contribution in [0.3, 0.4) is 0 Å². The summed E-state index contributed by atoms with van der Waals surface area (Å²) in [5, 5.41) is 0. The predicted molar refractivity (Wildman–Crippen MR) is 104 cm³/mol. The molecule has 2 aliphatic carbocycles. The first-order valence-electron chi connectivity index (χ1n) is 11.0. The molecule has 6 heteroatoms. The van der Waals surface area contributed by atoms with Crippen LogP contribution in [0.1, 0.15) is 68.4 Å². The standard InChI is InChI=1S/C22H30N4O2/c1-14(27)26-11-8-19-16(13-26)12-23-21(24-19)15-6-9-25(10-7-15)22(28)20-17-4-2-3-5-18(17)20/h12,15,17-18,20H,2-11,13H2,1H3/t17-,18-/m0/s1. The number of aromatic nitrogens is 2. The molecule has 3 heterocycles. The fourth-order valence-electron chi connectivity index (χ4n) is 5.72. The Balaban J connectivity index is 1.19. The van der Waals surface area contributed by atoms with E-state index in [9.17, 15) is 9.59 Å². The number of carbonyl (C=O) groups excluding carboxylic acids is 2. The van der Waals surface area contributed by atoms with E-state index in [0.717, 1.165) is 56.0 Å². The molecule has 6 nitrogen and oxygen atoms in total. The lowest BCUT2D eigenvalue weighted by Gasteiger charge is -2.32. The number of fused-ring (bicyclic) bond motifs is 2. The van der Waals surface area contributed by atoms with Crippen molar-refractivity contribution in [2.24, 2.45) is 17.8 Å². The third-order valence-corrected chi connectivity index (χ3v) is 7.51. The number of hydrogen-bond acceptors (Lipinski definition) is 4. The van der Waals surface area contributed by atoms with E-state index < -0.39 is 0 Å². The van der Waals surface area contributed by atoms with Gasteiger partial charge in [-0.25, -0.2) is 9.97 Å². The average Bonchev–Trinajstić information content (AvgIpc) is 3.47. The number of nitrogens with zero attached hydrogens (tertiary/aromatic N) is 4. The molecule has 0 spiro atoms. The van der Waals surface area contributed by atoms with Crippen LogP contribution in [0.25, 0.3) is 0 Å². The summed E-state index contributed by atoms with van der Waals surface area (Å²) in [6.07, 6.45) is 9.81. The highest BCUT2D eigenvalue weighted by atomic mass is 16.2. The molecule has 150 valence electrons. The lowest BCUT2D eigenvalue weighted by molar-refractivity contribution is -0.134. The second-order valence-corrected chi connectivity index (χ2v) is 9.13. The Morgan fingerprint density at radius 2 is 1.71 bits per heavy atom. The van der Waals surface area contributed by atoms with Crippen LogP contribution in [-0.4, -0.2) is 51.2 Å². The van der Waals surface area contributed by atoms with Crippen LogP contribution in [0.2, 0.25) is 0 Å². The number of amides is 2. The van der Waals surface area contributed by atoms with Crippen LogP contribution in [0.5, 0.6) is 0 Å². The van der Waals surface area contributed by atoms with Crippen molar-refractivity contribution in [2.75, 3.05) is 19.6 Å². The van der Waals surface area contributed by atoms with Gasteiger partial charge in [0, 0.05) is 63.1 Å². The monoisotopic (exact) mass is 382 g/mol. The van der Waals surface area contributed by atoms with Gasteiger partial charge in [0.25, 0.3) is 0 Å². The summed E-state index contributed by atoms with van der Waals surface area (Å²) in [6.45, 7) is 4.68. The summed E-state index contributed by atoms with van der Waals surface area (Å²) < 4.78 is 0. The minimum atomic E-state index is 0.113. The predicted octanol–water partition coefficient (Wildman–Crippen LogP) is 2.52. The fraction of sp³-hybridized carbons (Fsp3) is 0.727. The summed E-state index contributed by atoms with van der Waals surface area (Å²) in [5.41, 5.74) is 2.18. The molecule has 1 aromatic rings. The largest absolute Gasteiger partial charge is 0.342 e. The maximum absolute atomic E-state index is 12.9. The highest BCUT2D eigenvalue weighted by Crippen LogP contribution is 2.56. The first kappa shape index (κ1) is 18.1. The highest BCUT2D eigenvalue weighted by Gasteiger charge is 2.55. The zero-order valence-electron chi connectivity index (χ0n) is 16.8. The van der Waals surface area contributed by atoms with E-state index in [0.29, 0.717) is 36.1 Å². The summed E-state index contributed by atoms with van der Waals surface area (Å²) in [5.74, 6) is 3.54. The first-order valence-corrected chi connectivity index (χ1v) is 11.0. The molecule has 1 saturated heterocycles. The second-order valence-electron chi connectivity index (χ2n) is 9.13. The number of carbonyl (C=O) groups is 2. The van der Waals surface area contributed by atoms with E-state index in [4.69, 9.17) is 4.98 Å². The maximum Gasteiger partial charge on any atom is 0.226 e. The summed E-state index contributed by atoms with van der Waals surface area (Å²) in [6, 6.07) is 0. The van der Waals surface area contributed by atoms with Crippen LogP contribution in [0.15, 0.2) is 6.20 Å². The van der Waals surface area contributed by atoms with Gasteiger partial charge in [-0.15, -0.1) is 0 Å². The van der Waals surface area contributed by atoms with Gasteiger partial charge in [-0.3, -0.25) is 9.59 Å². The average molecular weight is 383 g/mol. The van der Waals surface area contributed by atoms with E-state index in [1.165, 1.54) is 25.7 Å². The Morgan fingerprint density at radius 1 is 1.00 bits per heavy atom. The van der Waals surface area contributed by atoms with Gasteiger partial charge in [-0.2, -0.15) is 0 Å². The fourth-order valence-corrected chi connectivity index (χ4v) is 5.72. The zero-order valence-corrected chi connectivity index (χ0v) is 16.8. The number of piperidine rings is 1. The van der Waals surface area contributed by atoms with Gasteiger partial charge in [-0.05, 0) is 37.5 Å². The molecule has 2 amide bonds. The van der Waals surface area contributed by atoms with Crippen molar-refractivity contribution in [2.45, 2.75) is 64.3 Å². The highest BCUT2D eigenvalue weighted by molar-refractivity contribution is 5.82. The second kappa shape index (κ2) is 7.12. The normalized spacial score (nSPS) is 29.8. The van der Waals surface area contributed by atoms with Crippen molar-refractivity contribution in [3.63, 3.8) is 0 Å². The lowest BCUT2D eigenvalue weighted by Crippen LogP contribution is -2.40. The minimum Gasteiger partial charge on any atom is -0.342 e. The number of likely N-dealkylation sites (tertiary alicyclic amines) is 1. The Morgan fingerprint density at radius 3 is 2.39 bits per heavy atom. The molecule has 0 aromatic carbocycles. The molecular formula is C22H30N4O2. The molecule has 5 rings (SSSR count). The van der Waals surface area contributed by atoms with Gasteiger partial charge in [0.05, 0.1) is 5.69 Å². The van der Waals surface area contributed by atoms with Crippen molar-refractivity contribution in [3.05, 3.63) is 23.3 Å². The molecular weight excluding hydrogens is 352 g/mol. The molecule has 2 saturated carbocycles. The summed E-state index contributed by atoms with van der Waals surface area (Å²) >= 11 is 0. The molecule has 3 fully saturated rings. The third kappa shape index (κ3) is 3.20. The molecule has 28 heavy (non-hydrogen) atoms. The molecule has 1 aromatic heterocycles. The van der Waals surface area contributed by atoms with Crippen molar-refractivity contribution < 1.29 is 9.59 Å². The van der Waals surface area contributed by atoms with E-state index in [1.807, 2.05) is 11.1 Å². The Hall–Kier alpha value is -1.98. The van der Waals surface area contributed by atoms with Crippen molar-refractivity contribution in [3.8, 4) is 0 Å². The van der Waals surface area contributed by atoms with Crippen LogP contribution >= 0.6 is 0 Å². The van der Waals surface area contributed by atoms with Crippen molar-refractivity contribution in [1.82, 2.24) is 19.8 Å². The molecule has 0 radical (unpaired) electrons. The van der Waals surface area contributed by atoms with Gasteiger partial charge in [-0.1, -0.05) is 12.8 Å². The van der Waals surface area contributed by atoms with Gasteiger partial charge in [0.15, 0.2) is 0 Å². The van der Waals surface area contributed by atoms with E-state index in [1.54, 1.807) is 6.92 Å². The molecule has 4 aliphatic rings. The lowest BCUT2D eigenvalue weighted by atomic mass is 9.95. The summed E-state index contributed by atoms with van der Waals surface area (Å²) in [7, 11) is 0. The van der Waals surface area contributed by atoms with Gasteiger partial charge in [0.2, 0.25) is 11.8 Å². The first-order chi connectivity index (χ1) is 13.6. The van der Waals surface area contributed by atoms with Crippen LogP contribution in [0, 0.1) is 17.8 Å². The molecule has 0 bridgehead atoms. The number of rotatable bonds is 2. The van der Waals surface area contributed by atoms with Gasteiger partial charge >= 0.3 is 0 Å². The van der Waals surface area contributed by atoms with Crippen LogP contribution in [-0.2, 0) is 22.6 Å². The van der Waals surface area contributed by atoms with Gasteiger partial charge in [0.1, 0.15) is 5.82 Å². The van der Waals surface area contributed by atoms with E-state index in [-0.39, 0.29) is 5.91 Å².